The summed E-state index contributed by atoms with van der Waals surface area (Å²) < 4.78 is 81.0. The average molecular weight is 457 g/mol. The molecule has 0 fully saturated rings. The number of aromatic carboxylic acids is 1. The normalized spacial score (nSPS) is 13.7. The summed E-state index contributed by atoms with van der Waals surface area (Å²) >= 11 is 11.3. The first kappa shape index (κ1) is 23.1. The molecule has 2 nitrogen and oxygen atoms in total. The van der Waals surface area contributed by atoms with Crippen LogP contribution in [-0.2, 0) is 6.18 Å². The second kappa shape index (κ2) is 8.28. The van der Waals surface area contributed by atoms with Crippen molar-refractivity contribution in [2.24, 2.45) is 0 Å². The van der Waals surface area contributed by atoms with Crippen molar-refractivity contribution >= 4 is 35.2 Å². The van der Waals surface area contributed by atoms with Gasteiger partial charge in [-0.25, -0.2) is 18.0 Å². The van der Waals surface area contributed by atoms with E-state index in [0.29, 0.717) is 13.0 Å². The van der Waals surface area contributed by atoms with Crippen LogP contribution in [0.1, 0.15) is 39.9 Å². The Bertz CT molecular complexity index is 941. The molecular formula is C19H12Cl2F6O2. The molecule has 2 aromatic rings. The number of hydrogen-bond acceptors (Lipinski definition) is 1. The molecule has 0 aliphatic rings. The van der Waals surface area contributed by atoms with E-state index < -0.39 is 51.0 Å². The van der Waals surface area contributed by atoms with Gasteiger partial charge in [-0.2, -0.15) is 13.2 Å². The standard InChI is InChI=1S/C19H12Cl2F6O2/c1-18(23,24)12(10-7-14(20)16(22)15(21)8-10)5-3-9-2-4-11(17(28)29)13(6-9)19(25,26)27/h2-8,12H,1H3,(H,28,29). The number of carboxylic acid groups (broad SMARTS) is 1. The van der Waals surface area contributed by atoms with Crippen LogP contribution in [0.15, 0.2) is 36.4 Å². The van der Waals surface area contributed by atoms with Gasteiger partial charge in [0.05, 0.1) is 27.1 Å². The lowest BCUT2D eigenvalue weighted by atomic mass is 9.92. The topological polar surface area (TPSA) is 37.3 Å². The molecule has 0 saturated carbocycles. The van der Waals surface area contributed by atoms with Crippen molar-refractivity contribution in [1.29, 1.82) is 0 Å². The molecule has 1 unspecified atom stereocenters. The number of rotatable bonds is 5. The van der Waals surface area contributed by atoms with Crippen molar-refractivity contribution in [1.82, 2.24) is 0 Å². The number of alkyl halides is 5. The fraction of sp³-hybridized carbons (Fsp3) is 0.211. The van der Waals surface area contributed by atoms with Gasteiger partial charge in [-0.15, -0.1) is 0 Å². The summed E-state index contributed by atoms with van der Waals surface area (Å²) in [4.78, 5) is 11.0. The zero-order valence-corrected chi connectivity index (χ0v) is 16.0. The Morgan fingerprint density at radius 2 is 1.62 bits per heavy atom. The Kier molecular flexibility index (Phi) is 6.59. The Balaban J connectivity index is 2.52. The third-order valence-corrected chi connectivity index (χ3v) is 4.52. The number of hydrogen-bond donors (Lipinski definition) is 1. The Hall–Kier alpha value is -2.19. The lowest BCUT2D eigenvalue weighted by Crippen LogP contribution is -2.20. The SMILES string of the molecule is CC(F)(F)C(C=Cc1ccc(C(=O)O)c(C(F)(F)F)c1)c1cc(Cl)c(F)c(Cl)c1. The van der Waals surface area contributed by atoms with E-state index in [-0.39, 0.29) is 11.1 Å². The monoisotopic (exact) mass is 456 g/mol. The van der Waals surface area contributed by atoms with E-state index in [9.17, 15) is 31.1 Å². The second-order valence-corrected chi connectivity index (χ2v) is 7.01. The number of halogens is 8. The van der Waals surface area contributed by atoms with Crippen molar-refractivity contribution in [2.75, 3.05) is 0 Å². The van der Waals surface area contributed by atoms with Crippen molar-refractivity contribution in [3.63, 3.8) is 0 Å². The molecule has 29 heavy (non-hydrogen) atoms. The van der Waals surface area contributed by atoms with Crippen LogP contribution < -0.4 is 0 Å². The van der Waals surface area contributed by atoms with Gasteiger partial charge in [0.25, 0.3) is 5.92 Å². The molecule has 0 aromatic heterocycles. The van der Waals surface area contributed by atoms with Crippen LogP contribution in [0.2, 0.25) is 10.0 Å². The Labute approximate surface area is 171 Å². The molecular weight excluding hydrogens is 445 g/mol. The summed E-state index contributed by atoms with van der Waals surface area (Å²) in [6.07, 6.45) is -3.06. The van der Waals surface area contributed by atoms with Gasteiger partial charge in [0, 0.05) is 6.92 Å². The van der Waals surface area contributed by atoms with E-state index in [2.05, 4.69) is 0 Å². The van der Waals surface area contributed by atoms with Gasteiger partial charge >= 0.3 is 12.1 Å². The van der Waals surface area contributed by atoms with E-state index in [1.807, 2.05) is 0 Å². The van der Waals surface area contributed by atoms with Crippen LogP contribution in [0.3, 0.4) is 0 Å². The van der Waals surface area contributed by atoms with Gasteiger partial charge < -0.3 is 5.11 Å². The third-order valence-electron chi connectivity index (χ3n) is 3.97. The van der Waals surface area contributed by atoms with E-state index in [4.69, 9.17) is 28.3 Å². The molecule has 1 N–H and O–H groups in total. The van der Waals surface area contributed by atoms with E-state index in [1.54, 1.807) is 0 Å². The zero-order chi connectivity index (χ0) is 22.1. The van der Waals surface area contributed by atoms with Crippen LogP contribution >= 0.6 is 23.2 Å². The lowest BCUT2D eigenvalue weighted by Gasteiger charge is -2.21. The van der Waals surface area contributed by atoms with Crippen LogP contribution in [0.4, 0.5) is 26.3 Å². The fourth-order valence-electron chi connectivity index (χ4n) is 2.62. The average Bonchev–Trinajstić information content (AvgIpc) is 2.57. The highest BCUT2D eigenvalue weighted by molar-refractivity contribution is 6.35. The molecule has 0 spiro atoms. The maximum Gasteiger partial charge on any atom is 0.417 e. The molecule has 0 aliphatic heterocycles. The Morgan fingerprint density at radius 3 is 2.07 bits per heavy atom. The number of benzene rings is 2. The van der Waals surface area contributed by atoms with Gasteiger partial charge in [0.1, 0.15) is 0 Å². The van der Waals surface area contributed by atoms with Crippen molar-refractivity contribution < 1.29 is 36.2 Å². The van der Waals surface area contributed by atoms with Crippen LogP contribution in [0.5, 0.6) is 0 Å². The summed E-state index contributed by atoms with van der Waals surface area (Å²) in [5.41, 5.74) is -2.69. The highest BCUT2D eigenvalue weighted by Gasteiger charge is 2.36. The summed E-state index contributed by atoms with van der Waals surface area (Å²) in [5, 5.41) is 7.92. The van der Waals surface area contributed by atoms with Crippen molar-refractivity contribution in [2.45, 2.75) is 24.9 Å². The number of carboxylic acids is 1. The van der Waals surface area contributed by atoms with Crippen molar-refractivity contribution in [3.8, 4) is 0 Å². The predicted octanol–water partition coefficient (Wildman–Crippen LogP) is 7.30. The van der Waals surface area contributed by atoms with Crippen molar-refractivity contribution in [3.05, 3.63) is 74.5 Å². The maximum absolute atomic E-state index is 14.1. The molecule has 10 heteroatoms. The summed E-state index contributed by atoms with van der Waals surface area (Å²) in [6.45, 7) is 0.571. The molecule has 2 aromatic carbocycles. The highest BCUT2D eigenvalue weighted by Crippen LogP contribution is 2.39. The maximum atomic E-state index is 14.1. The van der Waals surface area contributed by atoms with Gasteiger partial charge in [-0.1, -0.05) is 41.4 Å². The molecule has 0 heterocycles. The van der Waals surface area contributed by atoms with Crippen LogP contribution in [0, 0.1) is 5.82 Å². The molecule has 156 valence electrons. The molecule has 0 radical (unpaired) electrons. The van der Waals surface area contributed by atoms with E-state index >= 15 is 0 Å². The first-order chi connectivity index (χ1) is 13.2. The fourth-order valence-corrected chi connectivity index (χ4v) is 3.13. The van der Waals surface area contributed by atoms with Gasteiger partial charge in [-0.3, -0.25) is 0 Å². The minimum absolute atomic E-state index is 0.150. The summed E-state index contributed by atoms with van der Waals surface area (Å²) in [6, 6.07) is 4.21. The summed E-state index contributed by atoms with van der Waals surface area (Å²) in [5.74, 6) is -7.85. The number of carbonyl (C=O) groups is 1. The van der Waals surface area contributed by atoms with Crippen LogP contribution in [0.25, 0.3) is 6.08 Å². The van der Waals surface area contributed by atoms with Gasteiger partial charge in [0.2, 0.25) is 0 Å². The molecule has 0 amide bonds. The highest BCUT2D eigenvalue weighted by atomic mass is 35.5. The largest absolute Gasteiger partial charge is 0.478 e. The zero-order valence-electron chi connectivity index (χ0n) is 14.5. The second-order valence-electron chi connectivity index (χ2n) is 6.20. The first-order valence-corrected chi connectivity index (χ1v) is 8.62. The van der Waals surface area contributed by atoms with Crippen LogP contribution in [-0.4, -0.2) is 17.0 Å². The minimum Gasteiger partial charge on any atom is -0.478 e. The smallest absolute Gasteiger partial charge is 0.417 e. The third kappa shape index (κ3) is 5.45. The predicted molar refractivity (Wildman–Crippen MR) is 97.2 cm³/mol. The summed E-state index contributed by atoms with van der Waals surface area (Å²) in [7, 11) is 0. The minimum atomic E-state index is -4.95. The lowest BCUT2D eigenvalue weighted by molar-refractivity contribution is -0.138. The number of allylic oxidation sites excluding steroid dienone is 1. The molecule has 0 bridgehead atoms. The molecule has 0 saturated heterocycles. The molecule has 2 rings (SSSR count). The van der Waals surface area contributed by atoms with E-state index in [0.717, 1.165) is 36.4 Å². The van der Waals surface area contributed by atoms with Gasteiger partial charge in [-0.05, 0) is 35.4 Å². The van der Waals surface area contributed by atoms with Gasteiger partial charge in [0.15, 0.2) is 5.82 Å². The molecule has 0 aliphatic carbocycles. The Morgan fingerprint density at radius 1 is 1.07 bits per heavy atom. The first-order valence-electron chi connectivity index (χ1n) is 7.87. The van der Waals surface area contributed by atoms with E-state index in [1.165, 1.54) is 0 Å². The quantitative estimate of drug-likeness (QED) is 0.378. The molecule has 1 atom stereocenters.